The Morgan fingerprint density at radius 1 is 1.24 bits per heavy atom. The Labute approximate surface area is 169 Å². The third-order valence-electron chi connectivity index (χ3n) is 5.25. The first-order valence-corrected chi connectivity index (χ1v) is 9.88. The predicted molar refractivity (Wildman–Crippen MR) is 111 cm³/mol. The van der Waals surface area contributed by atoms with Gasteiger partial charge in [0.1, 0.15) is 12.4 Å². The van der Waals surface area contributed by atoms with Crippen LogP contribution in [0, 0.1) is 0 Å². The van der Waals surface area contributed by atoms with Crippen molar-refractivity contribution in [2.75, 3.05) is 18.9 Å². The standard InChI is InChI=1S/C22H25N5O2/c23-20-12-17(9-10-24-20)18-13-25-26-22(18)19-8-4-5-11-27(19)21(28)15-29-14-16-6-2-1-3-7-16/h1-3,6-7,9-10,12-13,19H,4-5,8,11,14-15H2,(H2,23,24)(H,25,26)/t19-/m1/s1. The molecule has 0 saturated carbocycles. The minimum Gasteiger partial charge on any atom is -0.384 e. The number of aromatic amines is 1. The highest BCUT2D eigenvalue weighted by atomic mass is 16.5. The fraction of sp³-hybridized carbons (Fsp3) is 0.318. The highest BCUT2D eigenvalue weighted by Gasteiger charge is 2.31. The quantitative estimate of drug-likeness (QED) is 0.672. The number of nitrogens with zero attached hydrogens (tertiary/aromatic N) is 3. The van der Waals surface area contributed by atoms with Gasteiger partial charge in [-0.3, -0.25) is 9.89 Å². The fourth-order valence-electron chi connectivity index (χ4n) is 3.84. The van der Waals surface area contributed by atoms with Crippen LogP contribution < -0.4 is 5.73 Å². The molecule has 0 aliphatic carbocycles. The normalized spacial score (nSPS) is 16.7. The lowest BCUT2D eigenvalue weighted by Crippen LogP contribution is -2.40. The minimum atomic E-state index is -0.0523. The number of benzene rings is 1. The second-order valence-electron chi connectivity index (χ2n) is 7.24. The van der Waals surface area contributed by atoms with Gasteiger partial charge < -0.3 is 15.4 Å². The van der Waals surface area contributed by atoms with Crippen LogP contribution in [-0.4, -0.2) is 39.1 Å². The smallest absolute Gasteiger partial charge is 0.249 e. The van der Waals surface area contributed by atoms with Crippen LogP contribution in [0.3, 0.4) is 0 Å². The van der Waals surface area contributed by atoms with Crippen molar-refractivity contribution in [3.63, 3.8) is 0 Å². The van der Waals surface area contributed by atoms with E-state index in [0.29, 0.717) is 12.4 Å². The molecule has 1 saturated heterocycles. The van der Waals surface area contributed by atoms with Crippen molar-refractivity contribution in [2.24, 2.45) is 0 Å². The molecule has 4 rings (SSSR count). The van der Waals surface area contributed by atoms with Crippen LogP contribution in [0.15, 0.2) is 54.9 Å². The molecule has 3 aromatic rings. The van der Waals surface area contributed by atoms with Crippen LogP contribution in [0.5, 0.6) is 0 Å². The molecule has 3 heterocycles. The number of piperidine rings is 1. The zero-order chi connectivity index (χ0) is 20.1. The molecule has 2 aromatic heterocycles. The Hall–Kier alpha value is -3.19. The number of nitrogens with one attached hydrogen (secondary N) is 1. The number of nitrogen functional groups attached to an aromatic ring is 1. The molecule has 1 atom stereocenters. The van der Waals surface area contributed by atoms with Crippen molar-refractivity contribution in [1.82, 2.24) is 20.1 Å². The second-order valence-corrected chi connectivity index (χ2v) is 7.24. The van der Waals surface area contributed by atoms with Gasteiger partial charge in [0.2, 0.25) is 5.91 Å². The molecule has 0 unspecified atom stereocenters. The van der Waals surface area contributed by atoms with E-state index < -0.39 is 0 Å². The first-order valence-electron chi connectivity index (χ1n) is 9.88. The van der Waals surface area contributed by atoms with Crippen LogP contribution in [0.2, 0.25) is 0 Å². The number of likely N-dealkylation sites (tertiary alicyclic amines) is 1. The molecule has 29 heavy (non-hydrogen) atoms. The van der Waals surface area contributed by atoms with E-state index >= 15 is 0 Å². The monoisotopic (exact) mass is 391 g/mol. The van der Waals surface area contributed by atoms with Gasteiger partial charge in [0.25, 0.3) is 0 Å². The highest BCUT2D eigenvalue weighted by Crippen LogP contribution is 2.35. The first kappa shape index (κ1) is 19.1. The van der Waals surface area contributed by atoms with Gasteiger partial charge in [0.05, 0.1) is 24.5 Å². The number of hydrogen-bond donors (Lipinski definition) is 2. The number of nitrogens with two attached hydrogens (primary N) is 1. The molecule has 7 nitrogen and oxygen atoms in total. The zero-order valence-corrected chi connectivity index (χ0v) is 16.3. The van der Waals surface area contributed by atoms with E-state index in [9.17, 15) is 4.79 Å². The first-order chi connectivity index (χ1) is 14.2. The van der Waals surface area contributed by atoms with E-state index in [1.165, 1.54) is 0 Å². The molecule has 0 radical (unpaired) electrons. The lowest BCUT2D eigenvalue weighted by Gasteiger charge is -2.35. The molecule has 1 fully saturated rings. The van der Waals surface area contributed by atoms with Crippen LogP contribution in [0.4, 0.5) is 5.82 Å². The molecular formula is C22H25N5O2. The summed E-state index contributed by atoms with van der Waals surface area (Å²) in [7, 11) is 0. The van der Waals surface area contributed by atoms with Gasteiger partial charge in [-0.15, -0.1) is 0 Å². The summed E-state index contributed by atoms with van der Waals surface area (Å²) in [6.07, 6.45) is 6.42. The van der Waals surface area contributed by atoms with Gasteiger partial charge in [0, 0.05) is 18.3 Å². The number of rotatable bonds is 6. The SMILES string of the molecule is Nc1cc(-c2cn[nH]c2[C@H]2CCCCN2C(=O)COCc2ccccc2)ccn1. The van der Waals surface area contributed by atoms with E-state index in [2.05, 4.69) is 15.2 Å². The molecule has 1 amide bonds. The number of pyridine rings is 1. The number of carbonyl (C=O) groups excluding carboxylic acids is 1. The summed E-state index contributed by atoms with van der Waals surface area (Å²) in [5, 5.41) is 7.36. The summed E-state index contributed by atoms with van der Waals surface area (Å²) in [4.78, 5) is 18.9. The maximum absolute atomic E-state index is 12.9. The topological polar surface area (TPSA) is 97.1 Å². The number of H-pyrrole nitrogens is 1. The third kappa shape index (κ3) is 4.46. The van der Waals surface area contributed by atoms with Crippen LogP contribution in [0.25, 0.3) is 11.1 Å². The highest BCUT2D eigenvalue weighted by molar-refractivity contribution is 5.78. The molecule has 1 aliphatic heterocycles. The van der Waals surface area contributed by atoms with Crippen molar-refractivity contribution in [2.45, 2.75) is 31.9 Å². The van der Waals surface area contributed by atoms with Crippen molar-refractivity contribution in [1.29, 1.82) is 0 Å². The Balaban J connectivity index is 1.48. The van der Waals surface area contributed by atoms with Crippen molar-refractivity contribution < 1.29 is 9.53 Å². The minimum absolute atomic E-state index is 0.000392. The number of amides is 1. The predicted octanol–water partition coefficient (Wildman–Crippen LogP) is 3.32. The van der Waals surface area contributed by atoms with E-state index in [1.54, 1.807) is 12.4 Å². The number of anilines is 1. The molecule has 7 heteroatoms. The lowest BCUT2D eigenvalue weighted by atomic mass is 9.94. The maximum Gasteiger partial charge on any atom is 0.249 e. The van der Waals surface area contributed by atoms with Gasteiger partial charge >= 0.3 is 0 Å². The van der Waals surface area contributed by atoms with Crippen molar-refractivity contribution in [3.05, 3.63) is 66.1 Å². The van der Waals surface area contributed by atoms with Crippen LogP contribution in [0.1, 0.15) is 36.6 Å². The summed E-state index contributed by atoms with van der Waals surface area (Å²) in [5.41, 5.74) is 9.74. The van der Waals surface area contributed by atoms with Crippen LogP contribution >= 0.6 is 0 Å². The van der Waals surface area contributed by atoms with E-state index in [1.807, 2.05) is 47.4 Å². The maximum atomic E-state index is 12.9. The molecule has 0 bridgehead atoms. The van der Waals surface area contributed by atoms with Crippen molar-refractivity contribution >= 4 is 11.7 Å². The summed E-state index contributed by atoms with van der Waals surface area (Å²) < 4.78 is 5.69. The molecule has 3 N–H and O–H groups in total. The van der Waals surface area contributed by atoms with Gasteiger partial charge in [-0.1, -0.05) is 30.3 Å². The Kier molecular flexibility index (Phi) is 5.86. The second kappa shape index (κ2) is 8.87. The number of carbonyl (C=O) groups is 1. The van der Waals surface area contributed by atoms with Gasteiger partial charge in [0.15, 0.2) is 0 Å². The third-order valence-corrected chi connectivity index (χ3v) is 5.25. The molecular weight excluding hydrogens is 366 g/mol. The Bertz CT molecular complexity index is 957. The van der Waals surface area contributed by atoms with Gasteiger partial charge in [-0.2, -0.15) is 5.10 Å². The largest absolute Gasteiger partial charge is 0.384 e. The fourth-order valence-corrected chi connectivity index (χ4v) is 3.84. The molecule has 1 aliphatic rings. The molecule has 0 spiro atoms. The van der Waals surface area contributed by atoms with E-state index in [4.69, 9.17) is 10.5 Å². The average molecular weight is 391 g/mol. The number of hydrogen-bond acceptors (Lipinski definition) is 5. The summed E-state index contributed by atoms with van der Waals surface area (Å²) in [5.74, 6) is 0.459. The molecule has 1 aromatic carbocycles. The molecule has 150 valence electrons. The average Bonchev–Trinajstić information content (AvgIpc) is 3.24. The van der Waals surface area contributed by atoms with Crippen LogP contribution in [-0.2, 0) is 16.1 Å². The van der Waals surface area contributed by atoms with Crippen molar-refractivity contribution in [3.8, 4) is 11.1 Å². The summed E-state index contributed by atoms with van der Waals surface area (Å²) >= 11 is 0. The number of ether oxygens (including phenoxy) is 1. The van der Waals surface area contributed by atoms with E-state index in [0.717, 1.165) is 48.2 Å². The van der Waals surface area contributed by atoms with Gasteiger partial charge in [-0.25, -0.2) is 4.98 Å². The lowest BCUT2D eigenvalue weighted by molar-refractivity contribution is -0.140. The summed E-state index contributed by atoms with van der Waals surface area (Å²) in [6, 6.07) is 13.6. The zero-order valence-electron chi connectivity index (χ0n) is 16.3. The summed E-state index contributed by atoms with van der Waals surface area (Å²) in [6.45, 7) is 1.21. The Morgan fingerprint density at radius 2 is 2.10 bits per heavy atom. The Morgan fingerprint density at radius 3 is 2.93 bits per heavy atom. The number of aromatic nitrogens is 3. The van der Waals surface area contributed by atoms with E-state index in [-0.39, 0.29) is 18.6 Å². The van der Waals surface area contributed by atoms with Gasteiger partial charge in [-0.05, 0) is 42.5 Å².